The van der Waals surface area contributed by atoms with Gasteiger partial charge in [-0.25, -0.2) is 9.38 Å². The van der Waals surface area contributed by atoms with Crippen LogP contribution in [0.25, 0.3) is 22.1 Å². The summed E-state index contributed by atoms with van der Waals surface area (Å²) in [5.74, 6) is 1.67. The molecule has 5 aromatic rings. The molecule has 33 heavy (non-hydrogen) atoms. The molecule has 0 fully saturated rings. The summed E-state index contributed by atoms with van der Waals surface area (Å²) in [5, 5.41) is 0.577. The Balaban J connectivity index is 1.39. The first-order chi connectivity index (χ1) is 16.1. The Bertz CT molecular complexity index is 1530. The van der Waals surface area contributed by atoms with Crippen molar-refractivity contribution in [3.63, 3.8) is 0 Å². The van der Waals surface area contributed by atoms with E-state index in [0.29, 0.717) is 33.5 Å². The summed E-state index contributed by atoms with van der Waals surface area (Å²) >= 11 is 7.61. The largest absolute Gasteiger partial charge is 0.493 e. The Labute approximate surface area is 199 Å². The van der Waals surface area contributed by atoms with Crippen molar-refractivity contribution in [3.05, 3.63) is 98.3 Å². The molecule has 0 aliphatic rings. The molecule has 0 amide bonds. The molecule has 0 saturated heterocycles. The Kier molecular flexibility index (Phi) is 6.03. The summed E-state index contributed by atoms with van der Waals surface area (Å²) in [4.78, 5) is 18.3. The van der Waals surface area contributed by atoms with Crippen molar-refractivity contribution >= 4 is 45.0 Å². The van der Waals surface area contributed by atoms with E-state index in [4.69, 9.17) is 21.1 Å². The zero-order valence-electron chi connectivity index (χ0n) is 17.9. The number of rotatable bonds is 7. The first-order valence-corrected chi connectivity index (χ1v) is 11.8. The summed E-state index contributed by atoms with van der Waals surface area (Å²) in [7, 11) is 0. The topological polar surface area (TPSA) is 52.8 Å². The lowest BCUT2D eigenvalue weighted by molar-refractivity contribution is 0.188. The summed E-state index contributed by atoms with van der Waals surface area (Å²) in [5.41, 5.74) is 2.28. The smallest absolute Gasteiger partial charge is 0.274 e. The van der Waals surface area contributed by atoms with Gasteiger partial charge in [-0.05, 0) is 48.5 Å². The Hall–Kier alpha value is -3.35. The molecule has 5 rings (SSSR count). The van der Waals surface area contributed by atoms with Gasteiger partial charge in [0.05, 0.1) is 28.8 Å². The third kappa shape index (κ3) is 4.58. The van der Waals surface area contributed by atoms with Crippen LogP contribution in [-0.2, 0) is 0 Å². The van der Waals surface area contributed by atoms with E-state index in [9.17, 15) is 4.79 Å². The summed E-state index contributed by atoms with van der Waals surface area (Å²) in [6, 6.07) is 22.8. The van der Waals surface area contributed by atoms with Crippen LogP contribution in [0.3, 0.4) is 0 Å². The van der Waals surface area contributed by atoms with Crippen LogP contribution < -0.4 is 19.6 Å². The van der Waals surface area contributed by atoms with Crippen LogP contribution in [0.15, 0.2) is 77.6 Å². The molecule has 0 bridgehead atoms. The quantitative estimate of drug-likeness (QED) is 0.324. The van der Waals surface area contributed by atoms with Gasteiger partial charge >= 0.3 is 0 Å². The monoisotopic (exact) mass is 476 g/mol. The molecule has 0 saturated carbocycles. The number of imidazole rings is 1. The van der Waals surface area contributed by atoms with Gasteiger partial charge in [0.2, 0.25) is 0 Å². The molecular formula is C26H21ClN2O3S. The van der Waals surface area contributed by atoms with Gasteiger partial charge < -0.3 is 9.47 Å². The molecule has 1 atom stereocenters. The van der Waals surface area contributed by atoms with Crippen molar-refractivity contribution in [1.82, 2.24) is 9.38 Å². The zero-order valence-corrected chi connectivity index (χ0v) is 19.5. The molecule has 166 valence electrons. The maximum Gasteiger partial charge on any atom is 0.274 e. The number of benzene rings is 3. The van der Waals surface area contributed by atoms with Crippen LogP contribution in [0.4, 0.5) is 0 Å². The number of nitrogens with zero attached hydrogens (tertiary/aromatic N) is 2. The van der Waals surface area contributed by atoms with Gasteiger partial charge in [0, 0.05) is 16.5 Å². The number of thiazole rings is 1. The van der Waals surface area contributed by atoms with Crippen LogP contribution in [0.2, 0.25) is 5.02 Å². The van der Waals surface area contributed by atoms with E-state index in [1.54, 1.807) is 10.5 Å². The predicted octanol–water partition coefficient (Wildman–Crippen LogP) is 5.20. The highest BCUT2D eigenvalue weighted by atomic mass is 35.5. The lowest BCUT2D eigenvalue weighted by Gasteiger charge is -2.15. The van der Waals surface area contributed by atoms with Crippen molar-refractivity contribution in [3.8, 4) is 11.5 Å². The standard InChI is InChI=1S/C26H21ClN2O3S/c1-17(15-31-20-7-3-2-4-8-20)16-32-23-12-11-19(27)13-18(23)14-24-25(30)29-22-10-6-5-9-21(22)28-26(29)33-24/h2-14,17H,15-16H2,1H3/b24-14-. The second-order valence-electron chi connectivity index (χ2n) is 7.86. The van der Waals surface area contributed by atoms with Crippen LogP contribution in [-0.4, -0.2) is 22.6 Å². The number of hydrogen-bond donors (Lipinski definition) is 0. The van der Waals surface area contributed by atoms with Crippen LogP contribution in [0, 0.1) is 5.92 Å². The number of para-hydroxylation sites is 3. The van der Waals surface area contributed by atoms with E-state index in [2.05, 4.69) is 11.9 Å². The van der Waals surface area contributed by atoms with Crippen LogP contribution in [0.1, 0.15) is 12.5 Å². The average Bonchev–Trinajstić information content (AvgIpc) is 3.34. The second-order valence-corrected chi connectivity index (χ2v) is 9.30. The van der Waals surface area contributed by atoms with Crippen molar-refractivity contribution < 1.29 is 9.47 Å². The van der Waals surface area contributed by atoms with Crippen molar-refractivity contribution in [2.75, 3.05) is 13.2 Å². The first-order valence-electron chi connectivity index (χ1n) is 10.6. The highest BCUT2D eigenvalue weighted by molar-refractivity contribution is 7.15. The number of ether oxygens (including phenoxy) is 2. The fraction of sp³-hybridized carbons (Fsp3) is 0.154. The minimum Gasteiger partial charge on any atom is -0.493 e. The lowest BCUT2D eigenvalue weighted by atomic mass is 10.2. The molecule has 0 aliphatic heterocycles. The molecule has 2 aromatic heterocycles. The molecule has 3 aromatic carbocycles. The predicted molar refractivity (Wildman–Crippen MR) is 134 cm³/mol. The minimum atomic E-state index is -0.0979. The molecular weight excluding hydrogens is 456 g/mol. The average molecular weight is 477 g/mol. The van der Waals surface area contributed by atoms with Gasteiger partial charge in [-0.2, -0.15) is 0 Å². The molecule has 0 radical (unpaired) electrons. The highest BCUT2D eigenvalue weighted by Gasteiger charge is 2.12. The van der Waals surface area contributed by atoms with Crippen LogP contribution >= 0.6 is 22.9 Å². The highest BCUT2D eigenvalue weighted by Crippen LogP contribution is 2.25. The van der Waals surface area contributed by atoms with E-state index < -0.39 is 0 Å². The molecule has 2 heterocycles. The number of aromatic nitrogens is 2. The molecule has 5 nitrogen and oxygen atoms in total. The summed E-state index contributed by atoms with van der Waals surface area (Å²) < 4.78 is 14.1. The second kappa shape index (κ2) is 9.25. The van der Waals surface area contributed by atoms with Gasteiger partial charge in [-0.1, -0.05) is 60.2 Å². The van der Waals surface area contributed by atoms with Crippen molar-refractivity contribution in [2.24, 2.45) is 5.92 Å². The van der Waals surface area contributed by atoms with E-state index in [1.807, 2.05) is 72.8 Å². The van der Waals surface area contributed by atoms with Gasteiger partial charge in [0.1, 0.15) is 11.5 Å². The Morgan fingerprint density at radius 2 is 1.79 bits per heavy atom. The third-order valence-electron chi connectivity index (χ3n) is 5.20. The molecule has 0 aliphatic carbocycles. The normalized spacial score (nSPS) is 13.0. The van der Waals surface area contributed by atoms with Gasteiger partial charge in [0.15, 0.2) is 4.96 Å². The van der Waals surface area contributed by atoms with Gasteiger partial charge in [-0.15, -0.1) is 0 Å². The Morgan fingerprint density at radius 3 is 2.64 bits per heavy atom. The van der Waals surface area contributed by atoms with Crippen LogP contribution in [0.5, 0.6) is 11.5 Å². The fourth-order valence-electron chi connectivity index (χ4n) is 3.55. The SMILES string of the molecule is CC(COc1ccccc1)COc1ccc(Cl)cc1/C=c1\sc2nc3ccccc3n2c1=O. The van der Waals surface area contributed by atoms with Gasteiger partial charge in [-0.3, -0.25) is 4.79 Å². The lowest BCUT2D eigenvalue weighted by Crippen LogP contribution is -2.23. The molecule has 1 unspecified atom stereocenters. The van der Waals surface area contributed by atoms with E-state index in [-0.39, 0.29) is 11.5 Å². The number of halogens is 1. The maximum absolute atomic E-state index is 13.1. The minimum absolute atomic E-state index is 0.0979. The summed E-state index contributed by atoms with van der Waals surface area (Å²) in [6.07, 6.45) is 1.82. The maximum atomic E-state index is 13.1. The van der Waals surface area contributed by atoms with Gasteiger partial charge in [0.25, 0.3) is 5.56 Å². The number of fused-ring (bicyclic) bond motifs is 3. The summed E-state index contributed by atoms with van der Waals surface area (Å²) in [6.45, 7) is 3.08. The van der Waals surface area contributed by atoms with Crippen molar-refractivity contribution in [2.45, 2.75) is 6.92 Å². The molecule has 7 heteroatoms. The van der Waals surface area contributed by atoms with E-state index in [1.165, 1.54) is 11.3 Å². The molecule has 0 N–H and O–H groups in total. The zero-order chi connectivity index (χ0) is 22.8. The Morgan fingerprint density at radius 1 is 1.03 bits per heavy atom. The van der Waals surface area contributed by atoms with E-state index in [0.717, 1.165) is 22.3 Å². The first kappa shape index (κ1) is 21.5. The van der Waals surface area contributed by atoms with E-state index >= 15 is 0 Å². The number of hydrogen-bond acceptors (Lipinski definition) is 5. The fourth-order valence-corrected chi connectivity index (χ4v) is 4.71. The van der Waals surface area contributed by atoms with Crippen molar-refractivity contribution in [1.29, 1.82) is 0 Å². The molecule has 0 spiro atoms. The third-order valence-corrected chi connectivity index (χ3v) is 6.41.